The predicted molar refractivity (Wildman–Crippen MR) is 254 cm³/mol. The molecule has 0 bridgehead atoms. The molecule has 63 heavy (non-hydrogen) atoms. The second kappa shape index (κ2) is 26.5. The van der Waals surface area contributed by atoms with Gasteiger partial charge in [0.15, 0.2) is 46.0 Å². The summed E-state index contributed by atoms with van der Waals surface area (Å²) in [6.07, 6.45) is 0. The topological polar surface area (TPSA) is 120 Å². The lowest BCUT2D eigenvalue weighted by molar-refractivity contribution is 0.283. The van der Waals surface area contributed by atoms with Gasteiger partial charge in [0, 0.05) is 0 Å². The first-order chi connectivity index (χ1) is 30.8. The van der Waals surface area contributed by atoms with E-state index in [1.54, 1.807) is 0 Å². The van der Waals surface area contributed by atoms with Crippen LogP contribution in [-0.4, -0.2) is 97.4 Å². The molecular weight excluding hydrogens is 841 g/mol. The maximum atomic E-state index is 8.24. The van der Waals surface area contributed by atoms with Crippen molar-refractivity contribution >= 4 is 38.8 Å². The van der Waals surface area contributed by atoms with Crippen LogP contribution in [0.3, 0.4) is 0 Å². The molecule has 4 aromatic rings. The van der Waals surface area contributed by atoms with Gasteiger partial charge in [0.1, 0.15) is 23.0 Å². The minimum atomic E-state index is -3.37. The standard InChI is InChI=1S/C48H70O13Si2/c1-13-49-33-25-29-37(53-17-5)45(41(33)57-21-9)62(46-38(54-18-6)30-26-34(50-14-2)42(46)58-22-10)61-63(47-39(55-19-7)31-27-35(51-15-3)43(47)59-23-11)48-40(56-20-8)32-28-36(52-16-4)44(48)60-24-12/h25-32,62-63H,13-24H2,1-12H3. The van der Waals surface area contributed by atoms with E-state index < -0.39 is 18.1 Å². The van der Waals surface area contributed by atoms with Crippen LogP contribution in [0.5, 0.6) is 69.0 Å². The number of hydrogen-bond donors (Lipinski definition) is 0. The molecule has 4 rings (SSSR count). The molecule has 0 aliphatic carbocycles. The van der Waals surface area contributed by atoms with E-state index in [0.29, 0.717) is 169 Å². The quantitative estimate of drug-likeness (QED) is 0.0508. The Balaban J connectivity index is 2.43. The first kappa shape index (κ1) is 50.5. The summed E-state index contributed by atoms with van der Waals surface area (Å²) in [5.74, 6) is 6.43. The SMILES string of the molecule is CCOc1ccc(OCC)c([SiH](O[SiH](c2c(OCC)ccc(OCC)c2OCC)c2c(OCC)ccc(OCC)c2OCC)c2c(OCC)ccc(OCC)c2OCC)c1OCC. The van der Waals surface area contributed by atoms with E-state index >= 15 is 0 Å². The minimum absolute atomic E-state index is 0.332. The van der Waals surface area contributed by atoms with E-state index in [1.807, 2.05) is 132 Å². The Bertz CT molecular complexity index is 1730. The molecule has 0 saturated heterocycles. The highest BCUT2D eigenvalue weighted by molar-refractivity contribution is 6.94. The second-order valence-corrected chi connectivity index (χ2v) is 18.2. The van der Waals surface area contributed by atoms with E-state index in [2.05, 4.69) is 0 Å². The van der Waals surface area contributed by atoms with Gasteiger partial charge in [0.05, 0.1) is 100 Å². The Morgan fingerprint density at radius 3 is 0.571 bits per heavy atom. The zero-order valence-electron chi connectivity index (χ0n) is 39.6. The maximum Gasteiger partial charge on any atom is 0.245 e. The number of rotatable bonds is 30. The molecule has 0 N–H and O–H groups in total. The highest BCUT2D eigenvalue weighted by Gasteiger charge is 2.43. The minimum Gasteiger partial charge on any atom is -0.494 e. The normalized spacial score (nSPS) is 11.0. The van der Waals surface area contributed by atoms with Crippen molar-refractivity contribution in [3.05, 3.63) is 48.5 Å². The zero-order chi connectivity index (χ0) is 45.7. The molecular formula is C48H70O13Si2. The Hall–Kier alpha value is -5.13. The Morgan fingerprint density at radius 1 is 0.238 bits per heavy atom. The van der Waals surface area contributed by atoms with Crippen LogP contribution in [0, 0.1) is 0 Å². The third kappa shape index (κ3) is 12.1. The van der Waals surface area contributed by atoms with Crippen LogP contribution < -0.4 is 77.6 Å². The highest BCUT2D eigenvalue weighted by Crippen LogP contribution is 2.39. The molecule has 348 valence electrons. The summed E-state index contributed by atoms with van der Waals surface area (Å²) in [5.41, 5.74) is 0. The van der Waals surface area contributed by atoms with Crippen molar-refractivity contribution < 1.29 is 61.0 Å². The van der Waals surface area contributed by atoms with E-state index in [0.717, 1.165) is 0 Å². The predicted octanol–water partition coefficient (Wildman–Crippen LogP) is 6.86. The van der Waals surface area contributed by atoms with Crippen molar-refractivity contribution in [2.75, 3.05) is 79.3 Å². The van der Waals surface area contributed by atoms with Gasteiger partial charge in [-0.25, -0.2) is 0 Å². The van der Waals surface area contributed by atoms with Crippen LogP contribution >= 0.6 is 0 Å². The molecule has 0 aliphatic rings. The van der Waals surface area contributed by atoms with Crippen LogP contribution in [0.2, 0.25) is 0 Å². The molecule has 4 aromatic carbocycles. The fourth-order valence-corrected chi connectivity index (χ4v) is 14.8. The fraction of sp³-hybridized carbons (Fsp3) is 0.500. The number of benzene rings is 4. The fourth-order valence-electron chi connectivity index (χ4n) is 7.31. The molecule has 0 aromatic heterocycles. The highest BCUT2D eigenvalue weighted by atomic mass is 28.4. The summed E-state index contributed by atoms with van der Waals surface area (Å²) in [6.45, 7) is 27.7. The lowest BCUT2D eigenvalue weighted by atomic mass is 10.3. The Kier molecular flexibility index (Phi) is 21.2. The monoisotopic (exact) mass is 910 g/mol. The summed E-state index contributed by atoms with van der Waals surface area (Å²) in [6, 6.07) is 15.2. The summed E-state index contributed by atoms with van der Waals surface area (Å²) in [5, 5.41) is 2.75. The molecule has 15 heteroatoms. The summed E-state index contributed by atoms with van der Waals surface area (Å²) >= 11 is 0. The van der Waals surface area contributed by atoms with E-state index in [4.69, 9.17) is 61.0 Å². The lowest BCUT2D eigenvalue weighted by Gasteiger charge is -2.33. The van der Waals surface area contributed by atoms with E-state index in [-0.39, 0.29) is 0 Å². The smallest absolute Gasteiger partial charge is 0.245 e. The van der Waals surface area contributed by atoms with Gasteiger partial charge in [-0.15, -0.1) is 0 Å². The summed E-state index contributed by atoms with van der Waals surface area (Å²) < 4.78 is 86.4. The van der Waals surface area contributed by atoms with Gasteiger partial charge in [0.25, 0.3) is 0 Å². The molecule has 0 heterocycles. The average Bonchev–Trinajstić information content (AvgIpc) is 3.27. The van der Waals surface area contributed by atoms with Crippen LogP contribution in [0.15, 0.2) is 48.5 Å². The number of ether oxygens (including phenoxy) is 12. The van der Waals surface area contributed by atoms with Gasteiger partial charge in [0.2, 0.25) is 18.1 Å². The third-order valence-electron chi connectivity index (χ3n) is 9.35. The maximum absolute atomic E-state index is 8.24. The van der Waals surface area contributed by atoms with Crippen LogP contribution in [-0.2, 0) is 4.12 Å². The largest absolute Gasteiger partial charge is 0.494 e. The van der Waals surface area contributed by atoms with Crippen LogP contribution in [0.4, 0.5) is 0 Å². The lowest BCUT2D eigenvalue weighted by Crippen LogP contribution is -2.58. The van der Waals surface area contributed by atoms with Crippen LogP contribution in [0.1, 0.15) is 83.1 Å². The molecule has 0 radical (unpaired) electrons. The van der Waals surface area contributed by atoms with Crippen molar-refractivity contribution in [1.29, 1.82) is 0 Å². The van der Waals surface area contributed by atoms with Crippen molar-refractivity contribution in [3.63, 3.8) is 0 Å². The molecule has 0 aliphatic heterocycles. The van der Waals surface area contributed by atoms with E-state index in [9.17, 15) is 0 Å². The van der Waals surface area contributed by atoms with Crippen molar-refractivity contribution in [3.8, 4) is 69.0 Å². The van der Waals surface area contributed by atoms with Gasteiger partial charge in [-0.1, -0.05) is 0 Å². The first-order valence-electron chi connectivity index (χ1n) is 22.7. The van der Waals surface area contributed by atoms with E-state index in [1.165, 1.54) is 0 Å². The molecule has 0 spiro atoms. The van der Waals surface area contributed by atoms with Gasteiger partial charge in [-0.2, -0.15) is 0 Å². The van der Waals surface area contributed by atoms with Crippen molar-refractivity contribution in [2.45, 2.75) is 83.1 Å². The van der Waals surface area contributed by atoms with Gasteiger partial charge in [-0.3, -0.25) is 0 Å². The third-order valence-corrected chi connectivity index (χ3v) is 15.8. The second-order valence-electron chi connectivity index (χ2n) is 13.3. The average molecular weight is 911 g/mol. The summed E-state index contributed by atoms with van der Waals surface area (Å²) in [7, 11) is -6.73. The molecule has 0 saturated carbocycles. The zero-order valence-corrected chi connectivity index (χ0v) is 41.9. The molecule has 0 amide bonds. The first-order valence-corrected chi connectivity index (χ1v) is 25.9. The molecule has 13 nitrogen and oxygen atoms in total. The summed E-state index contributed by atoms with van der Waals surface area (Å²) in [4.78, 5) is 0. The molecule has 0 fully saturated rings. The van der Waals surface area contributed by atoms with Crippen molar-refractivity contribution in [1.82, 2.24) is 0 Å². The molecule has 0 unspecified atom stereocenters. The van der Waals surface area contributed by atoms with Gasteiger partial charge >= 0.3 is 0 Å². The Morgan fingerprint density at radius 2 is 0.397 bits per heavy atom. The molecule has 0 atom stereocenters. The van der Waals surface area contributed by atoms with Gasteiger partial charge in [-0.05, 0) is 132 Å². The van der Waals surface area contributed by atoms with Crippen molar-refractivity contribution in [2.24, 2.45) is 0 Å². The number of hydrogen-bond acceptors (Lipinski definition) is 13. The Labute approximate surface area is 378 Å². The van der Waals surface area contributed by atoms with Gasteiger partial charge < -0.3 is 61.0 Å². The van der Waals surface area contributed by atoms with Crippen LogP contribution in [0.25, 0.3) is 0 Å².